The van der Waals surface area contributed by atoms with Crippen LogP contribution in [0.3, 0.4) is 0 Å². The van der Waals surface area contributed by atoms with Crippen molar-refractivity contribution in [3.63, 3.8) is 0 Å². The quantitative estimate of drug-likeness (QED) is 0.927. The van der Waals surface area contributed by atoms with Gasteiger partial charge in [-0.1, -0.05) is 6.07 Å². The molecule has 2 amide bonds. The number of hydrogen-bond donors (Lipinski definition) is 1. The van der Waals surface area contributed by atoms with Crippen LogP contribution in [0.4, 0.5) is 10.5 Å². The van der Waals surface area contributed by atoms with Crippen molar-refractivity contribution in [1.82, 2.24) is 9.88 Å². The number of carbonyl (C=O) groups excluding carboxylic acids is 1. The highest BCUT2D eigenvalue weighted by atomic mass is 16.5. The summed E-state index contributed by atoms with van der Waals surface area (Å²) >= 11 is 0. The molecule has 0 aliphatic carbocycles. The minimum atomic E-state index is -0.0804. The average Bonchev–Trinajstić information content (AvgIpc) is 3.13. The predicted octanol–water partition coefficient (Wildman–Crippen LogP) is 3.82. The highest BCUT2D eigenvalue weighted by Crippen LogP contribution is 2.31. The number of benzene rings is 1. The number of aromatic nitrogens is 1. The first-order valence-corrected chi connectivity index (χ1v) is 8.00. The largest absolute Gasteiger partial charge is 0.493 e. The molecule has 1 aliphatic heterocycles. The number of likely N-dealkylation sites (tertiary alicyclic amines) is 1. The van der Waals surface area contributed by atoms with Crippen molar-refractivity contribution in [2.45, 2.75) is 19.8 Å². The molecule has 24 heavy (non-hydrogen) atoms. The standard InChI is InChI=1S/C18H21N3O3/c1-13-5-7-15(16(11-13)23-2)24-17-8-6-14(12-19-17)20-18(22)21-9-3-4-10-21/h5-8,11-12H,3-4,9-10H2,1-2H3,(H,20,22). The van der Waals surface area contributed by atoms with Gasteiger partial charge < -0.3 is 19.7 Å². The predicted molar refractivity (Wildman–Crippen MR) is 91.9 cm³/mol. The van der Waals surface area contributed by atoms with Gasteiger partial charge in [-0.3, -0.25) is 0 Å². The molecule has 3 rings (SSSR count). The molecule has 2 aromatic rings. The number of anilines is 1. The number of ether oxygens (including phenoxy) is 2. The number of nitrogens with one attached hydrogen (secondary N) is 1. The van der Waals surface area contributed by atoms with Crippen LogP contribution in [0.5, 0.6) is 17.4 Å². The molecule has 1 aromatic carbocycles. The number of aryl methyl sites for hydroxylation is 1. The van der Waals surface area contributed by atoms with Crippen LogP contribution < -0.4 is 14.8 Å². The van der Waals surface area contributed by atoms with Gasteiger partial charge in [0.25, 0.3) is 0 Å². The van der Waals surface area contributed by atoms with Crippen molar-refractivity contribution in [3.8, 4) is 17.4 Å². The van der Waals surface area contributed by atoms with Crippen molar-refractivity contribution in [2.75, 3.05) is 25.5 Å². The highest BCUT2D eigenvalue weighted by molar-refractivity contribution is 5.89. The number of pyridine rings is 1. The molecular formula is C18H21N3O3. The van der Waals surface area contributed by atoms with Gasteiger partial charge in [0.05, 0.1) is 19.0 Å². The summed E-state index contributed by atoms with van der Waals surface area (Å²) in [7, 11) is 1.60. The van der Waals surface area contributed by atoms with Crippen LogP contribution in [-0.4, -0.2) is 36.1 Å². The molecule has 0 unspecified atom stereocenters. The second kappa shape index (κ2) is 7.21. The summed E-state index contributed by atoms with van der Waals surface area (Å²) in [6.45, 7) is 3.61. The molecule has 1 fully saturated rings. The Labute approximate surface area is 141 Å². The van der Waals surface area contributed by atoms with Gasteiger partial charge in [0.1, 0.15) is 0 Å². The number of hydrogen-bond acceptors (Lipinski definition) is 4. The van der Waals surface area contributed by atoms with E-state index >= 15 is 0 Å². The van der Waals surface area contributed by atoms with E-state index in [1.165, 1.54) is 0 Å². The molecule has 6 nitrogen and oxygen atoms in total. The maximum atomic E-state index is 12.0. The Bertz CT molecular complexity index is 710. The van der Waals surface area contributed by atoms with Gasteiger partial charge in [-0.05, 0) is 43.5 Å². The molecule has 0 spiro atoms. The zero-order chi connectivity index (χ0) is 16.9. The monoisotopic (exact) mass is 327 g/mol. The lowest BCUT2D eigenvalue weighted by Gasteiger charge is -2.16. The fourth-order valence-corrected chi connectivity index (χ4v) is 2.61. The Morgan fingerprint density at radius 2 is 1.96 bits per heavy atom. The maximum absolute atomic E-state index is 12.0. The summed E-state index contributed by atoms with van der Waals surface area (Å²) in [4.78, 5) is 18.1. The van der Waals surface area contributed by atoms with E-state index in [0.29, 0.717) is 23.1 Å². The smallest absolute Gasteiger partial charge is 0.321 e. The van der Waals surface area contributed by atoms with Crippen LogP contribution in [0, 0.1) is 6.92 Å². The average molecular weight is 327 g/mol. The lowest BCUT2D eigenvalue weighted by atomic mass is 10.2. The molecule has 0 bridgehead atoms. The number of urea groups is 1. The van der Waals surface area contributed by atoms with Crippen LogP contribution in [0.2, 0.25) is 0 Å². The van der Waals surface area contributed by atoms with Crippen LogP contribution in [0.15, 0.2) is 36.5 Å². The molecule has 126 valence electrons. The minimum absolute atomic E-state index is 0.0804. The second-order valence-electron chi connectivity index (χ2n) is 5.77. The summed E-state index contributed by atoms with van der Waals surface area (Å²) in [5.41, 5.74) is 1.74. The normalized spacial score (nSPS) is 13.7. The SMILES string of the molecule is COc1cc(C)ccc1Oc1ccc(NC(=O)N2CCCC2)cn1. The topological polar surface area (TPSA) is 63.7 Å². The molecule has 0 radical (unpaired) electrons. The Balaban J connectivity index is 1.65. The second-order valence-corrected chi connectivity index (χ2v) is 5.77. The first kappa shape index (κ1) is 16.1. The first-order chi connectivity index (χ1) is 11.7. The van der Waals surface area contributed by atoms with E-state index in [1.54, 1.807) is 25.4 Å². The zero-order valence-electron chi connectivity index (χ0n) is 13.9. The molecule has 1 saturated heterocycles. The number of nitrogens with zero attached hydrogens (tertiary/aromatic N) is 2. The van der Waals surface area contributed by atoms with Crippen LogP contribution in [-0.2, 0) is 0 Å². The van der Waals surface area contributed by atoms with Gasteiger partial charge in [-0.2, -0.15) is 0 Å². The van der Waals surface area contributed by atoms with Crippen LogP contribution in [0.1, 0.15) is 18.4 Å². The first-order valence-electron chi connectivity index (χ1n) is 8.00. The van der Waals surface area contributed by atoms with E-state index in [9.17, 15) is 4.79 Å². The van der Waals surface area contributed by atoms with Crippen LogP contribution in [0.25, 0.3) is 0 Å². The van der Waals surface area contributed by atoms with Gasteiger partial charge >= 0.3 is 6.03 Å². The van der Waals surface area contributed by atoms with Crippen molar-refractivity contribution < 1.29 is 14.3 Å². The summed E-state index contributed by atoms with van der Waals surface area (Å²) in [6, 6.07) is 9.11. The summed E-state index contributed by atoms with van der Waals surface area (Å²) in [5, 5.41) is 2.85. The fraction of sp³-hybridized carbons (Fsp3) is 0.333. The summed E-state index contributed by atoms with van der Waals surface area (Å²) < 4.78 is 11.1. The fourth-order valence-electron chi connectivity index (χ4n) is 2.61. The maximum Gasteiger partial charge on any atom is 0.321 e. The van der Waals surface area contributed by atoms with E-state index in [-0.39, 0.29) is 6.03 Å². The van der Waals surface area contributed by atoms with Gasteiger partial charge in [0, 0.05) is 19.2 Å². The van der Waals surface area contributed by atoms with E-state index in [4.69, 9.17) is 9.47 Å². The van der Waals surface area contributed by atoms with Crippen molar-refractivity contribution in [1.29, 1.82) is 0 Å². The highest BCUT2D eigenvalue weighted by Gasteiger charge is 2.17. The number of carbonyl (C=O) groups is 1. The van der Waals surface area contributed by atoms with Gasteiger partial charge in [-0.25, -0.2) is 9.78 Å². The van der Waals surface area contributed by atoms with Crippen LogP contribution >= 0.6 is 0 Å². The van der Waals surface area contributed by atoms with E-state index in [2.05, 4.69) is 10.3 Å². The third-order valence-corrected chi connectivity index (χ3v) is 3.91. The van der Waals surface area contributed by atoms with Crippen molar-refractivity contribution in [2.24, 2.45) is 0 Å². The van der Waals surface area contributed by atoms with E-state index < -0.39 is 0 Å². The summed E-state index contributed by atoms with van der Waals surface area (Å²) in [5.74, 6) is 1.70. The van der Waals surface area contributed by atoms with Crippen molar-refractivity contribution >= 4 is 11.7 Å². The molecule has 6 heteroatoms. The Morgan fingerprint density at radius 1 is 1.17 bits per heavy atom. The zero-order valence-corrected chi connectivity index (χ0v) is 13.9. The Kier molecular flexibility index (Phi) is 4.84. The molecule has 0 atom stereocenters. The van der Waals surface area contributed by atoms with Gasteiger partial charge in [0.15, 0.2) is 11.5 Å². The lowest BCUT2D eigenvalue weighted by Crippen LogP contribution is -2.32. The molecule has 1 N–H and O–H groups in total. The molecule has 1 aromatic heterocycles. The third kappa shape index (κ3) is 3.76. The summed E-state index contributed by atoms with van der Waals surface area (Å²) in [6.07, 6.45) is 3.72. The lowest BCUT2D eigenvalue weighted by molar-refractivity contribution is 0.222. The number of amides is 2. The van der Waals surface area contributed by atoms with Crippen molar-refractivity contribution in [3.05, 3.63) is 42.1 Å². The molecule has 0 saturated carbocycles. The number of methoxy groups -OCH3 is 1. The third-order valence-electron chi connectivity index (χ3n) is 3.91. The van der Waals surface area contributed by atoms with Gasteiger partial charge in [-0.15, -0.1) is 0 Å². The Hall–Kier alpha value is -2.76. The van der Waals surface area contributed by atoms with Gasteiger partial charge in [0.2, 0.25) is 5.88 Å². The molecule has 2 heterocycles. The molecular weight excluding hydrogens is 306 g/mol. The van der Waals surface area contributed by atoms with E-state index in [1.807, 2.05) is 30.0 Å². The Morgan fingerprint density at radius 3 is 2.62 bits per heavy atom. The number of rotatable bonds is 4. The van der Waals surface area contributed by atoms with E-state index in [0.717, 1.165) is 31.5 Å². The minimum Gasteiger partial charge on any atom is -0.493 e. The molecule has 1 aliphatic rings.